The van der Waals surface area contributed by atoms with E-state index in [1.165, 1.54) is 19.3 Å². The molecule has 0 aliphatic heterocycles. The number of halogens is 5. The number of nitrogens with zero attached hydrogens (tertiary/aromatic N) is 1. The second kappa shape index (κ2) is 6.00. The van der Waals surface area contributed by atoms with E-state index in [-0.39, 0.29) is 13.0 Å². The average Bonchev–Trinajstić information content (AvgIpc) is 2.52. The molecule has 0 saturated heterocycles. The van der Waals surface area contributed by atoms with Crippen LogP contribution in [0.15, 0.2) is 24.5 Å². The molecular formula is C15H13F5N2. The van der Waals surface area contributed by atoms with Gasteiger partial charge in [-0.25, -0.2) is 22.0 Å². The highest BCUT2D eigenvalue weighted by Crippen LogP contribution is 2.34. The summed E-state index contributed by atoms with van der Waals surface area (Å²) < 4.78 is 67.9. The Bertz CT molecular complexity index is 661. The SMILES string of the molecule is CC(CN)(Cc1ccncc1)c1c(F)c(F)c(F)c(F)c1F. The maximum atomic E-state index is 14.0. The molecule has 1 unspecified atom stereocenters. The first-order valence-corrected chi connectivity index (χ1v) is 6.42. The quantitative estimate of drug-likeness (QED) is 0.534. The van der Waals surface area contributed by atoms with Crippen molar-refractivity contribution in [3.05, 3.63) is 64.7 Å². The van der Waals surface area contributed by atoms with Crippen LogP contribution in [0.1, 0.15) is 18.1 Å². The lowest BCUT2D eigenvalue weighted by Crippen LogP contribution is -2.37. The molecule has 2 nitrogen and oxygen atoms in total. The van der Waals surface area contributed by atoms with E-state index in [1.807, 2.05) is 0 Å². The standard InChI is InChI=1S/C15H13F5N2/c1-15(7-21,6-8-2-4-22-5-3-8)9-10(16)12(18)14(20)13(19)11(9)17/h2-5H,6-7,21H2,1H3. The zero-order valence-electron chi connectivity index (χ0n) is 11.6. The minimum Gasteiger partial charge on any atom is -0.330 e. The van der Waals surface area contributed by atoms with E-state index in [0.29, 0.717) is 5.56 Å². The van der Waals surface area contributed by atoms with Crippen molar-refractivity contribution in [2.75, 3.05) is 6.54 Å². The number of aromatic nitrogens is 1. The van der Waals surface area contributed by atoms with Crippen LogP contribution >= 0.6 is 0 Å². The van der Waals surface area contributed by atoms with Gasteiger partial charge in [-0.05, 0) is 24.1 Å². The fourth-order valence-electron chi connectivity index (χ4n) is 2.35. The number of nitrogens with two attached hydrogens (primary N) is 1. The monoisotopic (exact) mass is 316 g/mol. The Labute approximate surface area is 123 Å². The van der Waals surface area contributed by atoms with Crippen LogP contribution < -0.4 is 5.73 Å². The summed E-state index contributed by atoms with van der Waals surface area (Å²) in [5.74, 6) is -9.81. The Balaban J connectivity index is 2.61. The Morgan fingerprint density at radius 2 is 1.36 bits per heavy atom. The first kappa shape index (κ1) is 16.4. The van der Waals surface area contributed by atoms with E-state index in [4.69, 9.17) is 5.73 Å². The molecule has 1 aromatic heterocycles. The molecule has 1 heterocycles. The van der Waals surface area contributed by atoms with Crippen LogP contribution in [-0.4, -0.2) is 11.5 Å². The summed E-state index contributed by atoms with van der Waals surface area (Å²) in [6, 6.07) is 3.17. The van der Waals surface area contributed by atoms with Crippen molar-refractivity contribution in [1.29, 1.82) is 0 Å². The van der Waals surface area contributed by atoms with Crippen molar-refractivity contribution < 1.29 is 22.0 Å². The first-order valence-electron chi connectivity index (χ1n) is 6.42. The molecule has 7 heteroatoms. The summed E-state index contributed by atoms with van der Waals surface area (Å²) >= 11 is 0. The average molecular weight is 316 g/mol. The molecule has 2 rings (SSSR count). The summed E-state index contributed by atoms with van der Waals surface area (Å²) in [6.07, 6.45) is 2.93. The van der Waals surface area contributed by atoms with Crippen LogP contribution in [0.5, 0.6) is 0 Å². The molecule has 1 aromatic carbocycles. The molecule has 0 spiro atoms. The van der Waals surface area contributed by atoms with E-state index in [9.17, 15) is 22.0 Å². The van der Waals surface area contributed by atoms with Gasteiger partial charge in [0, 0.05) is 29.9 Å². The maximum absolute atomic E-state index is 14.0. The topological polar surface area (TPSA) is 38.9 Å². The second-order valence-corrected chi connectivity index (χ2v) is 5.24. The normalized spacial score (nSPS) is 14.0. The van der Waals surface area contributed by atoms with E-state index in [2.05, 4.69) is 4.98 Å². The van der Waals surface area contributed by atoms with Gasteiger partial charge in [0.2, 0.25) is 5.82 Å². The molecule has 0 aliphatic carbocycles. The summed E-state index contributed by atoms with van der Waals surface area (Å²) in [6.45, 7) is 1.05. The zero-order valence-corrected chi connectivity index (χ0v) is 11.6. The largest absolute Gasteiger partial charge is 0.330 e. The maximum Gasteiger partial charge on any atom is 0.200 e. The lowest BCUT2D eigenvalue weighted by atomic mass is 9.76. The predicted octanol–water partition coefficient (Wildman–Crippen LogP) is 3.24. The van der Waals surface area contributed by atoms with E-state index in [1.54, 1.807) is 12.1 Å². The van der Waals surface area contributed by atoms with Gasteiger partial charge in [0.1, 0.15) is 0 Å². The summed E-state index contributed by atoms with van der Waals surface area (Å²) in [5.41, 5.74) is 3.84. The van der Waals surface area contributed by atoms with Gasteiger partial charge in [0.25, 0.3) is 0 Å². The number of benzene rings is 1. The molecule has 2 aromatic rings. The van der Waals surface area contributed by atoms with Crippen LogP contribution in [0.4, 0.5) is 22.0 Å². The van der Waals surface area contributed by atoms with Crippen molar-refractivity contribution in [3.63, 3.8) is 0 Å². The predicted molar refractivity (Wildman–Crippen MR) is 70.6 cm³/mol. The summed E-state index contributed by atoms with van der Waals surface area (Å²) in [4.78, 5) is 3.80. The van der Waals surface area contributed by atoms with Crippen molar-refractivity contribution in [3.8, 4) is 0 Å². The van der Waals surface area contributed by atoms with Gasteiger partial charge in [0.05, 0.1) is 0 Å². The van der Waals surface area contributed by atoms with Gasteiger partial charge in [-0.2, -0.15) is 0 Å². The Morgan fingerprint density at radius 3 is 1.82 bits per heavy atom. The summed E-state index contributed by atoms with van der Waals surface area (Å²) in [7, 11) is 0. The first-order chi connectivity index (χ1) is 10.3. The minimum atomic E-state index is -2.18. The molecule has 118 valence electrons. The van der Waals surface area contributed by atoms with Crippen LogP contribution in [0.25, 0.3) is 0 Å². The van der Waals surface area contributed by atoms with Crippen LogP contribution in [0, 0.1) is 29.1 Å². The Morgan fingerprint density at radius 1 is 0.909 bits per heavy atom. The highest BCUT2D eigenvalue weighted by molar-refractivity contribution is 5.33. The van der Waals surface area contributed by atoms with Gasteiger partial charge in [0.15, 0.2) is 23.3 Å². The van der Waals surface area contributed by atoms with Gasteiger partial charge in [-0.15, -0.1) is 0 Å². The van der Waals surface area contributed by atoms with Crippen LogP contribution in [-0.2, 0) is 11.8 Å². The number of pyridine rings is 1. The molecule has 0 amide bonds. The van der Waals surface area contributed by atoms with Crippen molar-refractivity contribution in [1.82, 2.24) is 4.98 Å². The summed E-state index contributed by atoms with van der Waals surface area (Å²) in [5, 5.41) is 0. The van der Waals surface area contributed by atoms with Gasteiger partial charge < -0.3 is 5.73 Å². The van der Waals surface area contributed by atoms with Crippen molar-refractivity contribution in [2.45, 2.75) is 18.8 Å². The molecule has 22 heavy (non-hydrogen) atoms. The number of hydrogen-bond acceptors (Lipinski definition) is 2. The van der Waals surface area contributed by atoms with Crippen molar-refractivity contribution >= 4 is 0 Å². The van der Waals surface area contributed by atoms with E-state index in [0.717, 1.165) is 0 Å². The second-order valence-electron chi connectivity index (χ2n) is 5.24. The molecule has 0 aliphatic rings. The lowest BCUT2D eigenvalue weighted by Gasteiger charge is -2.30. The van der Waals surface area contributed by atoms with Gasteiger partial charge in [-0.1, -0.05) is 6.92 Å². The van der Waals surface area contributed by atoms with Gasteiger partial charge in [-0.3, -0.25) is 4.98 Å². The van der Waals surface area contributed by atoms with E-state index < -0.39 is 40.1 Å². The number of rotatable bonds is 4. The fraction of sp³-hybridized carbons (Fsp3) is 0.267. The lowest BCUT2D eigenvalue weighted by molar-refractivity contribution is 0.340. The minimum absolute atomic E-state index is 0.00434. The highest BCUT2D eigenvalue weighted by Gasteiger charge is 2.37. The molecule has 0 bridgehead atoms. The third-order valence-electron chi connectivity index (χ3n) is 3.61. The van der Waals surface area contributed by atoms with Crippen LogP contribution in [0.2, 0.25) is 0 Å². The Kier molecular flexibility index (Phi) is 4.46. The third kappa shape index (κ3) is 2.68. The molecule has 1 atom stereocenters. The van der Waals surface area contributed by atoms with E-state index >= 15 is 0 Å². The smallest absolute Gasteiger partial charge is 0.200 e. The number of hydrogen-bond donors (Lipinski definition) is 1. The van der Waals surface area contributed by atoms with Crippen LogP contribution in [0.3, 0.4) is 0 Å². The molecule has 0 saturated carbocycles. The molecule has 0 fully saturated rings. The van der Waals surface area contributed by atoms with Crippen molar-refractivity contribution in [2.24, 2.45) is 5.73 Å². The Hall–Kier alpha value is -2.02. The zero-order chi connectivity index (χ0) is 16.5. The van der Waals surface area contributed by atoms with Gasteiger partial charge >= 0.3 is 0 Å². The third-order valence-corrected chi connectivity index (χ3v) is 3.61. The molecule has 2 N–H and O–H groups in total. The molecular weight excluding hydrogens is 303 g/mol. The fourth-order valence-corrected chi connectivity index (χ4v) is 2.35. The highest BCUT2D eigenvalue weighted by atomic mass is 19.2. The molecule has 0 radical (unpaired) electrons.